The van der Waals surface area contributed by atoms with E-state index in [1.54, 1.807) is 14.2 Å². The predicted molar refractivity (Wildman–Crippen MR) is 75.4 cm³/mol. The largest absolute Gasteiger partial charge is 0.493 e. The lowest BCUT2D eigenvalue weighted by atomic mass is 10.0. The molecule has 0 fully saturated rings. The molecule has 0 amide bonds. The summed E-state index contributed by atoms with van der Waals surface area (Å²) in [7, 11) is 3.36. The molecule has 1 rings (SSSR count). The van der Waals surface area contributed by atoms with Crippen LogP contribution in [0.15, 0.2) is 18.2 Å². The number of ether oxygens (including phenoxy) is 2. The Morgan fingerprint density at radius 2 is 1.89 bits per heavy atom. The number of nitrogens with one attached hydrogen (secondary N) is 1. The summed E-state index contributed by atoms with van der Waals surface area (Å²) in [4.78, 5) is 0. The van der Waals surface area contributed by atoms with Gasteiger partial charge >= 0.3 is 0 Å². The fraction of sp³-hybridized carbons (Fsp3) is 0.600. The van der Waals surface area contributed by atoms with Crippen LogP contribution in [0.2, 0.25) is 0 Å². The van der Waals surface area contributed by atoms with E-state index in [1.165, 1.54) is 5.56 Å². The molecular weight excluding hydrogens is 226 g/mol. The van der Waals surface area contributed by atoms with Crippen molar-refractivity contribution < 1.29 is 9.47 Å². The number of para-hydroxylation sites is 1. The highest BCUT2D eigenvalue weighted by molar-refractivity contribution is 5.48. The van der Waals surface area contributed by atoms with E-state index in [9.17, 15) is 0 Å². The van der Waals surface area contributed by atoms with Crippen LogP contribution in [-0.4, -0.2) is 20.8 Å². The molecule has 0 unspecified atom stereocenters. The standard InChI is InChI=1S/C15H25NO2/c1-6-13(16-10-11(2)3)12-8-7-9-14(17-4)15(12)18-5/h7-9,11,13,16H,6,10H2,1-5H3/t13-/m1/s1. The number of benzene rings is 1. The van der Waals surface area contributed by atoms with E-state index in [0.29, 0.717) is 12.0 Å². The molecule has 3 nitrogen and oxygen atoms in total. The Balaban J connectivity index is 2.97. The van der Waals surface area contributed by atoms with Crippen LogP contribution in [-0.2, 0) is 0 Å². The summed E-state index contributed by atoms with van der Waals surface area (Å²) in [5, 5.41) is 3.58. The molecule has 0 radical (unpaired) electrons. The third-order valence-electron chi connectivity index (χ3n) is 2.99. The van der Waals surface area contributed by atoms with E-state index < -0.39 is 0 Å². The van der Waals surface area contributed by atoms with Crippen LogP contribution in [0.5, 0.6) is 11.5 Å². The molecule has 1 N–H and O–H groups in total. The molecule has 0 aliphatic rings. The quantitative estimate of drug-likeness (QED) is 0.805. The summed E-state index contributed by atoms with van der Waals surface area (Å²) in [5.74, 6) is 2.26. The Labute approximate surface area is 110 Å². The van der Waals surface area contributed by atoms with Crippen LogP contribution in [0.1, 0.15) is 38.8 Å². The van der Waals surface area contributed by atoms with Gasteiger partial charge in [0, 0.05) is 11.6 Å². The van der Waals surface area contributed by atoms with E-state index >= 15 is 0 Å². The summed E-state index contributed by atoms with van der Waals surface area (Å²) in [5.41, 5.74) is 1.17. The van der Waals surface area contributed by atoms with Gasteiger partial charge in [0.15, 0.2) is 11.5 Å². The third kappa shape index (κ3) is 3.64. The molecule has 1 aromatic carbocycles. The minimum absolute atomic E-state index is 0.303. The maximum absolute atomic E-state index is 5.49. The molecular formula is C15H25NO2. The fourth-order valence-electron chi connectivity index (χ4n) is 2.04. The van der Waals surface area contributed by atoms with Crippen LogP contribution < -0.4 is 14.8 Å². The Morgan fingerprint density at radius 1 is 1.17 bits per heavy atom. The van der Waals surface area contributed by atoms with Crippen molar-refractivity contribution in [2.45, 2.75) is 33.2 Å². The van der Waals surface area contributed by atoms with Crippen molar-refractivity contribution in [2.75, 3.05) is 20.8 Å². The van der Waals surface area contributed by atoms with E-state index in [4.69, 9.17) is 9.47 Å². The fourth-order valence-corrected chi connectivity index (χ4v) is 2.04. The second-order valence-corrected chi connectivity index (χ2v) is 4.85. The van der Waals surface area contributed by atoms with Crippen LogP contribution in [0.25, 0.3) is 0 Å². The topological polar surface area (TPSA) is 30.5 Å². The van der Waals surface area contributed by atoms with Crippen molar-refractivity contribution in [2.24, 2.45) is 5.92 Å². The van der Waals surface area contributed by atoms with Gasteiger partial charge in [-0.2, -0.15) is 0 Å². The molecule has 0 aromatic heterocycles. The van der Waals surface area contributed by atoms with Gasteiger partial charge in [-0.15, -0.1) is 0 Å². The highest BCUT2D eigenvalue weighted by atomic mass is 16.5. The van der Waals surface area contributed by atoms with Crippen molar-refractivity contribution in [3.63, 3.8) is 0 Å². The molecule has 1 atom stereocenters. The molecule has 3 heteroatoms. The van der Waals surface area contributed by atoms with E-state index in [1.807, 2.05) is 12.1 Å². The average Bonchev–Trinajstić information content (AvgIpc) is 2.38. The zero-order chi connectivity index (χ0) is 13.5. The highest BCUT2D eigenvalue weighted by Crippen LogP contribution is 2.35. The Kier molecular flexibility index (Phi) is 5.99. The second-order valence-electron chi connectivity index (χ2n) is 4.85. The van der Waals surface area contributed by atoms with Gasteiger partial charge < -0.3 is 14.8 Å². The molecule has 102 valence electrons. The maximum Gasteiger partial charge on any atom is 0.165 e. The lowest BCUT2D eigenvalue weighted by molar-refractivity contribution is 0.344. The van der Waals surface area contributed by atoms with Gasteiger partial charge in [0.1, 0.15) is 0 Å². The number of hydrogen-bond acceptors (Lipinski definition) is 3. The van der Waals surface area contributed by atoms with Gasteiger partial charge in [0.2, 0.25) is 0 Å². The van der Waals surface area contributed by atoms with Crippen molar-refractivity contribution in [1.82, 2.24) is 5.32 Å². The van der Waals surface area contributed by atoms with Gasteiger partial charge in [0.25, 0.3) is 0 Å². The molecule has 18 heavy (non-hydrogen) atoms. The molecule has 0 aliphatic heterocycles. The first-order valence-corrected chi connectivity index (χ1v) is 6.58. The second kappa shape index (κ2) is 7.27. The van der Waals surface area contributed by atoms with E-state index in [0.717, 1.165) is 24.5 Å². The Bertz CT molecular complexity index is 364. The van der Waals surface area contributed by atoms with Crippen molar-refractivity contribution in [3.05, 3.63) is 23.8 Å². The van der Waals surface area contributed by atoms with Gasteiger partial charge in [0.05, 0.1) is 14.2 Å². The SMILES string of the molecule is CC[C@@H](NCC(C)C)c1cccc(OC)c1OC. The molecule has 0 spiro atoms. The van der Waals surface area contributed by atoms with E-state index in [-0.39, 0.29) is 0 Å². The minimum atomic E-state index is 0.303. The van der Waals surface area contributed by atoms with E-state index in [2.05, 4.69) is 32.2 Å². The molecule has 0 saturated carbocycles. The minimum Gasteiger partial charge on any atom is -0.493 e. The number of rotatable bonds is 7. The predicted octanol–water partition coefficient (Wildman–Crippen LogP) is 3.40. The Hall–Kier alpha value is -1.22. The lowest BCUT2D eigenvalue weighted by Crippen LogP contribution is -2.25. The molecule has 0 saturated heterocycles. The van der Waals surface area contributed by atoms with Gasteiger partial charge in [-0.3, -0.25) is 0 Å². The van der Waals surface area contributed by atoms with Crippen molar-refractivity contribution >= 4 is 0 Å². The first-order chi connectivity index (χ1) is 8.63. The molecule has 1 aromatic rings. The van der Waals surface area contributed by atoms with Crippen molar-refractivity contribution in [3.8, 4) is 11.5 Å². The zero-order valence-corrected chi connectivity index (χ0v) is 12.1. The average molecular weight is 251 g/mol. The first-order valence-electron chi connectivity index (χ1n) is 6.58. The monoisotopic (exact) mass is 251 g/mol. The number of hydrogen-bond donors (Lipinski definition) is 1. The third-order valence-corrected chi connectivity index (χ3v) is 2.99. The normalized spacial score (nSPS) is 12.6. The highest BCUT2D eigenvalue weighted by Gasteiger charge is 2.17. The summed E-state index contributed by atoms with van der Waals surface area (Å²) < 4.78 is 10.8. The van der Waals surface area contributed by atoms with Crippen LogP contribution in [0, 0.1) is 5.92 Å². The smallest absolute Gasteiger partial charge is 0.165 e. The summed E-state index contributed by atoms with van der Waals surface area (Å²) in [6.07, 6.45) is 1.02. The zero-order valence-electron chi connectivity index (χ0n) is 12.1. The summed E-state index contributed by atoms with van der Waals surface area (Å²) >= 11 is 0. The van der Waals surface area contributed by atoms with Gasteiger partial charge in [-0.05, 0) is 24.9 Å². The molecule has 0 heterocycles. The van der Waals surface area contributed by atoms with Crippen LogP contribution in [0.3, 0.4) is 0 Å². The number of methoxy groups -OCH3 is 2. The van der Waals surface area contributed by atoms with Crippen LogP contribution >= 0.6 is 0 Å². The van der Waals surface area contributed by atoms with Crippen LogP contribution in [0.4, 0.5) is 0 Å². The van der Waals surface area contributed by atoms with Gasteiger partial charge in [-0.25, -0.2) is 0 Å². The summed E-state index contributed by atoms with van der Waals surface area (Å²) in [6, 6.07) is 6.34. The summed E-state index contributed by atoms with van der Waals surface area (Å²) in [6.45, 7) is 7.60. The first kappa shape index (κ1) is 14.8. The molecule has 0 aliphatic carbocycles. The molecule has 0 bridgehead atoms. The van der Waals surface area contributed by atoms with Gasteiger partial charge in [-0.1, -0.05) is 32.9 Å². The Morgan fingerprint density at radius 3 is 2.39 bits per heavy atom. The lowest BCUT2D eigenvalue weighted by Gasteiger charge is -2.22. The maximum atomic E-state index is 5.49. The van der Waals surface area contributed by atoms with Crippen molar-refractivity contribution in [1.29, 1.82) is 0 Å².